The van der Waals surface area contributed by atoms with Crippen molar-refractivity contribution in [3.63, 3.8) is 0 Å². The Hall–Kier alpha value is -4.10. The van der Waals surface area contributed by atoms with Crippen LogP contribution in [0.3, 0.4) is 0 Å². The Labute approximate surface area is 304 Å². The SMILES string of the molecule is CCOC(=O)C1=C(C)N=c2s/c(=C/c3cc(Cl)cc(Br)c3OCc3ccccc3Cl)c(=O)n2[C@H]1c1ccc(OCC(=O)OC)c(OCC)c1. The second kappa shape index (κ2) is 16.1. The van der Waals surface area contributed by atoms with Crippen LogP contribution in [0.25, 0.3) is 6.08 Å². The van der Waals surface area contributed by atoms with Crippen LogP contribution in [-0.2, 0) is 25.7 Å². The van der Waals surface area contributed by atoms with E-state index in [1.54, 1.807) is 63.2 Å². The molecular weight excluding hydrogens is 759 g/mol. The lowest BCUT2D eigenvalue weighted by atomic mass is 9.95. The van der Waals surface area contributed by atoms with Gasteiger partial charge in [-0.1, -0.05) is 58.8 Å². The number of ether oxygens (including phenoxy) is 5. The van der Waals surface area contributed by atoms with Gasteiger partial charge >= 0.3 is 11.9 Å². The predicted octanol–water partition coefficient (Wildman–Crippen LogP) is 6.40. The first-order chi connectivity index (χ1) is 23.6. The number of carbonyl (C=O) groups is 2. The average molecular weight is 791 g/mol. The monoisotopic (exact) mass is 788 g/mol. The molecule has 10 nitrogen and oxygen atoms in total. The van der Waals surface area contributed by atoms with E-state index in [4.69, 9.17) is 42.1 Å². The molecular formula is C35H31BrCl2N2O8S. The summed E-state index contributed by atoms with van der Waals surface area (Å²) in [5, 5.41) is 0.984. The zero-order valence-corrected chi connectivity index (χ0v) is 30.8. The molecule has 0 amide bonds. The van der Waals surface area contributed by atoms with Crippen LogP contribution in [-0.4, -0.2) is 43.4 Å². The molecule has 5 rings (SSSR count). The quantitative estimate of drug-likeness (QED) is 0.152. The van der Waals surface area contributed by atoms with Crippen LogP contribution in [0.1, 0.15) is 43.5 Å². The Morgan fingerprint density at radius 3 is 2.51 bits per heavy atom. The highest BCUT2D eigenvalue weighted by Gasteiger charge is 2.34. The van der Waals surface area contributed by atoms with Crippen LogP contribution in [0.15, 0.2) is 80.1 Å². The van der Waals surface area contributed by atoms with E-state index < -0.39 is 23.5 Å². The molecule has 0 saturated carbocycles. The summed E-state index contributed by atoms with van der Waals surface area (Å²) in [4.78, 5) is 44.5. The van der Waals surface area contributed by atoms with Crippen molar-refractivity contribution in [3.8, 4) is 17.2 Å². The Kier molecular flexibility index (Phi) is 11.9. The highest BCUT2D eigenvalue weighted by molar-refractivity contribution is 9.10. The lowest BCUT2D eigenvalue weighted by Crippen LogP contribution is -2.40. The van der Waals surface area contributed by atoms with Gasteiger partial charge in [-0.2, -0.15) is 0 Å². The molecule has 1 aliphatic rings. The molecule has 2 heterocycles. The van der Waals surface area contributed by atoms with Crippen molar-refractivity contribution in [1.82, 2.24) is 4.57 Å². The zero-order valence-electron chi connectivity index (χ0n) is 26.9. The number of hydrogen-bond acceptors (Lipinski definition) is 10. The van der Waals surface area contributed by atoms with Gasteiger partial charge in [-0.3, -0.25) is 9.36 Å². The standard InChI is InChI=1S/C35H31BrCl2N2O8S/c1-5-45-27-14-20(11-12-26(27)47-18-29(41)44-4)31-30(34(43)46-6-2)19(3)39-35-40(31)33(42)28(49-35)15-22-13-23(37)16-24(36)32(22)48-17-21-9-7-8-10-25(21)38/h7-16,31H,5-6,17-18H2,1-4H3/b28-15+/t31-/m0/s1. The maximum atomic E-state index is 14.3. The molecule has 256 valence electrons. The summed E-state index contributed by atoms with van der Waals surface area (Å²) >= 11 is 17.5. The number of thiazole rings is 1. The summed E-state index contributed by atoms with van der Waals surface area (Å²) in [6.45, 7) is 5.45. The fraction of sp³-hybridized carbons (Fsp3) is 0.257. The van der Waals surface area contributed by atoms with Gasteiger partial charge in [-0.05, 0) is 78.7 Å². The number of esters is 2. The Balaban J connectivity index is 1.65. The van der Waals surface area contributed by atoms with Gasteiger partial charge in [0, 0.05) is 21.2 Å². The van der Waals surface area contributed by atoms with Crippen LogP contribution in [0.4, 0.5) is 0 Å². The van der Waals surface area contributed by atoms with E-state index in [0.717, 1.165) is 16.9 Å². The van der Waals surface area contributed by atoms with E-state index in [0.29, 0.717) is 52.2 Å². The predicted molar refractivity (Wildman–Crippen MR) is 190 cm³/mol. The lowest BCUT2D eigenvalue weighted by Gasteiger charge is -2.25. The Bertz CT molecular complexity index is 2130. The highest BCUT2D eigenvalue weighted by atomic mass is 79.9. The number of methoxy groups -OCH3 is 1. The van der Waals surface area contributed by atoms with Gasteiger partial charge in [0.05, 0.1) is 46.6 Å². The first-order valence-electron chi connectivity index (χ1n) is 15.1. The molecule has 14 heteroatoms. The Morgan fingerprint density at radius 1 is 1.02 bits per heavy atom. The van der Waals surface area contributed by atoms with Crippen LogP contribution >= 0.6 is 50.5 Å². The van der Waals surface area contributed by atoms with Crippen LogP contribution in [0, 0.1) is 0 Å². The third kappa shape index (κ3) is 8.04. The van der Waals surface area contributed by atoms with Crippen LogP contribution in [0.2, 0.25) is 10.0 Å². The third-order valence-corrected chi connectivity index (χ3v) is 9.49. The van der Waals surface area contributed by atoms with E-state index >= 15 is 0 Å². The molecule has 0 bridgehead atoms. The zero-order chi connectivity index (χ0) is 35.2. The third-order valence-electron chi connectivity index (χ3n) is 7.33. The minimum atomic E-state index is -0.923. The van der Waals surface area contributed by atoms with Gasteiger partial charge in [-0.25, -0.2) is 14.6 Å². The summed E-state index contributed by atoms with van der Waals surface area (Å²) < 4.78 is 30.2. The molecule has 0 aliphatic carbocycles. The average Bonchev–Trinajstić information content (AvgIpc) is 3.37. The Morgan fingerprint density at radius 2 is 1.80 bits per heavy atom. The first kappa shape index (κ1) is 36.2. The summed E-state index contributed by atoms with van der Waals surface area (Å²) in [5.74, 6) is -0.114. The van der Waals surface area contributed by atoms with Crippen molar-refractivity contribution in [2.24, 2.45) is 4.99 Å². The fourth-order valence-corrected chi connectivity index (χ4v) is 7.31. The molecule has 0 radical (unpaired) electrons. The number of rotatable bonds is 12. The van der Waals surface area contributed by atoms with Crippen LogP contribution < -0.4 is 29.1 Å². The van der Waals surface area contributed by atoms with E-state index in [2.05, 4.69) is 25.7 Å². The lowest BCUT2D eigenvalue weighted by molar-refractivity contribution is -0.143. The van der Waals surface area contributed by atoms with Crippen molar-refractivity contribution >= 4 is 68.5 Å². The summed E-state index contributed by atoms with van der Waals surface area (Å²) in [6, 6.07) is 14.8. The number of aromatic nitrogens is 1. The first-order valence-corrected chi connectivity index (χ1v) is 17.4. The second-order valence-electron chi connectivity index (χ2n) is 10.5. The minimum Gasteiger partial charge on any atom is -0.490 e. The molecule has 0 saturated heterocycles. The number of halogens is 3. The molecule has 3 aromatic carbocycles. The normalized spacial score (nSPS) is 14.2. The van der Waals surface area contributed by atoms with Crippen molar-refractivity contribution in [1.29, 1.82) is 0 Å². The number of carbonyl (C=O) groups excluding carboxylic acids is 2. The molecule has 0 fully saturated rings. The highest BCUT2D eigenvalue weighted by Crippen LogP contribution is 2.37. The van der Waals surface area contributed by atoms with Crippen LogP contribution in [0.5, 0.6) is 17.2 Å². The topological polar surface area (TPSA) is 115 Å². The molecule has 0 unspecified atom stereocenters. The minimum absolute atomic E-state index is 0.123. The molecule has 4 aromatic rings. The second-order valence-corrected chi connectivity index (χ2v) is 13.2. The molecule has 0 spiro atoms. The molecule has 0 N–H and O–H groups in total. The van der Waals surface area contributed by atoms with Crippen molar-refractivity contribution in [2.75, 3.05) is 26.9 Å². The summed E-state index contributed by atoms with van der Waals surface area (Å²) in [7, 11) is 1.26. The molecule has 1 aliphatic heterocycles. The van der Waals surface area contributed by atoms with Gasteiger partial charge in [0.1, 0.15) is 12.4 Å². The van der Waals surface area contributed by atoms with E-state index in [-0.39, 0.29) is 37.8 Å². The van der Waals surface area contributed by atoms with Crippen molar-refractivity contribution < 1.29 is 33.3 Å². The molecule has 1 aromatic heterocycles. The number of fused-ring (bicyclic) bond motifs is 1. The van der Waals surface area contributed by atoms with Gasteiger partial charge in [-0.15, -0.1) is 0 Å². The fourth-order valence-electron chi connectivity index (χ4n) is 5.13. The maximum absolute atomic E-state index is 14.3. The maximum Gasteiger partial charge on any atom is 0.343 e. The van der Waals surface area contributed by atoms with E-state index in [1.165, 1.54) is 11.7 Å². The van der Waals surface area contributed by atoms with Crippen molar-refractivity contribution in [3.05, 3.63) is 117 Å². The van der Waals surface area contributed by atoms with Gasteiger partial charge in [0.25, 0.3) is 5.56 Å². The number of allylic oxidation sites excluding steroid dienone is 1. The largest absolute Gasteiger partial charge is 0.490 e. The number of hydrogen-bond donors (Lipinski definition) is 0. The smallest absolute Gasteiger partial charge is 0.343 e. The van der Waals surface area contributed by atoms with Gasteiger partial charge in [0.2, 0.25) is 0 Å². The molecule has 1 atom stereocenters. The van der Waals surface area contributed by atoms with E-state index in [9.17, 15) is 14.4 Å². The van der Waals surface area contributed by atoms with Gasteiger partial charge in [0.15, 0.2) is 22.9 Å². The summed E-state index contributed by atoms with van der Waals surface area (Å²) in [5.41, 5.74) is 2.05. The van der Waals surface area contributed by atoms with Gasteiger partial charge < -0.3 is 23.7 Å². The van der Waals surface area contributed by atoms with Crippen molar-refractivity contribution in [2.45, 2.75) is 33.4 Å². The number of benzene rings is 3. The summed E-state index contributed by atoms with van der Waals surface area (Å²) in [6.07, 6.45) is 1.68. The number of nitrogens with zero attached hydrogens (tertiary/aromatic N) is 2. The molecule has 49 heavy (non-hydrogen) atoms. The van der Waals surface area contributed by atoms with E-state index in [1.807, 2.05) is 18.2 Å².